The smallest absolute Gasteiger partial charge is 0.330 e. The summed E-state index contributed by atoms with van der Waals surface area (Å²) in [6.07, 6.45) is 2.31. The van der Waals surface area contributed by atoms with Crippen LogP contribution in [0.25, 0.3) is 0 Å². The van der Waals surface area contributed by atoms with Crippen molar-refractivity contribution in [2.24, 2.45) is 11.8 Å². The Morgan fingerprint density at radius 1 is 0.938 bits per heavy atom. The van der Waals surface area contributed by atoms with E-state index in [1.54, 1.807) is 12.1 Å². The van der Waals surface area contributed by atoms with Crippen molar-refractivity contribution < 1.29 is 37.1 Å². The fraction of sp³-hybridized carbons (Fsp3) is 0.462. The SMILES string of the molecule is Cc1ccc(S(=O)(=O)OC[C@@H](O)C[C@@H](C[C@@H](O)/C=C/C(=O)O[C@@H]2C[C@H](C)CC[C@H]2C(C)(C)c2ccccc2)OCc2ccccc2)cc1. The molecule has 0 spiro atoms. The summed E-state index contributed by atoms with van der Waals surface area (Å²) in [5.74, 6) is 0.0659. The molecule has 0 bridgehead atoms. The highest BCUT2D eigenvalue weighted by Crippen LogP contribution is 2.43. The molecule has 0 saturated heterocycles. The van der Waals surface area contributed by atoms with Crippen LogP contribution in [-0.2, 0) is 40.6 Å². The molecular weight excluding hydrogens is 628 g/mol. The molecule has 1 aliphatic carbocycles. The Balaban J connectivity index is 1.37. The van der Waals surface area contributed by atoms with Gasteiger partial charge in [-0.3, -0.25) is 4.18 Å². The van der Waals surface area contributed by atoms with Crippen LogP contribution in [0.5, 0.6) is 0 Å². The highest BCUT2D eigenvalue weighted by atomic mass is 32.2. The predicted molar refractivity (Wildman–Crippen MR) is 186 cm³/mol. The first-order valence-electron chi connectivity index (χ1n) is 16.8. The molecule has 0 unspecified atom stereocenters. The Kier molecular flexibility index (Phi) is 13.6. The number of rotatable bonds is 16. The summed E-state index contributed by atoms with van der Waals surface area (Å²) in [6.45, 7) is 8.19. The third kappa shape index (κ3) is 11.1. The number of hydrogen-bond donors (Lipinski definition) is 2. The van der Waals surface area contributed by atoms with Gasteiger partial charge in [0, 0.05) is 24.8 Å². The molecule has 0 aromatic heterocycles. The van der Waals surface area contributed by atoms with Crippen LogP contribution in [-0.4, -0.2) is 55.6 Å². The van der Waals surface area contributed by atoms with Gasteiger partial charge in [0.15, 0.2) is 0 Å². The minimum atomic E-state index is -4.06. The molecule has 0 radical (unpaired) electrons. The van der Waals surface area contributed by atoms with E-state index in [-0.39, 0.29) is 41.8 Å². The van der Waals surface area contributed by atoms with Gasteiger partial charge in [0.25, 0.3) is 10.1 Å². The zero-order valence-corrected chi connectivity index (χ0v) is 29.2. The van der Waals surface area contributed by atoms with E-state index in [0.717, 1.165) is 30.4 Å². The van der Waals surface area contributed by atoms with Gasteiger partial charge >= 0.3 is 5.97 Å². The number of carbonyl (C=O) groups is 1. The average Bonchev–Trinajstić information content (AvgIpc) is 3.06. The summed E-state index contributed by atoms with van der Waals surface area (Å²) in [4.78, 5) is 13.1. The van der Waals surface area contributed by atoms with Crippen molar-refractivity contribution in [1.82, 2.24) is 0 Å². The number of aliphatic hydroxyl groups excluding tert-OH is 2. The summed E-state index contributed by atoms with van der Waals surface area (Å²) < 4.78 is 42.5. The van der Waals surface area contributed by atoms with Crippen molar-refractivity contribution in [1.29, 1.82) is 0 Å². The third-order valence-electron chi connectivity index (χ3n) is 9.31. The van der Waals surface area contributed by atoms with Crippen LogP contribution in [0.1, 0.15) is 69.6 Å². The molecule has 3 aromatic carbocycles. The summed E-state index contributed by atoms with van der Waals surface area (Å²) in [5.41, 5.74) is 2.83. The van der Waals surface area contributed by atoms with Crippen molar-refractivity contribution in [3.8, 4) is 0 Å². The lowest BCUT2D eigenvalue weighted by Gasteiger charge is -2.43. The minimum Gasteiger partial charge on any atom is -0.459 e. The van der Waals surface area contributed by atoms with E-state index in [4.69, 9.17) is 13.7 Å². The molecule has 2 N–H and O–H groups in total. The molecular formula is C39H50O8S. The van der Waals surface area contributed by atoms with Gasteiger partial charge in [-0.2, -0.15) is 8.42 Å². The number of ether oxygens (including phenoxy) is 2. The molecule has 0 amide bonds. The second kappa shape index (κ2) is 17.4. The predicted octanol–water partition coefficient (Wildman–Crippen LogP) is 6.67. The third-order valence-corrected chi connectivity index (χ3v) is 10.6. The average molecular weight is 679 g/mol. The number of aryl methyl sites for hydroxylation is 1. The van der Waals surface area contributed by atoms with E-state index in [0.29, 0.717) is 5.92 Å². The maximum absolute atomic E-state index is 13.1. The van der Waals surface area contributed by atoms with Crippen molar-refractivity contribution in [3.63, 3.8) is 0 Å². The molecule has 6 atom stereocenters. The molecule has 1 fully saturated rings. The molecule has 4 rings (SSSR count). The van der Waals surface area contributed by atoms with Crippen LogP contribution in [0, 0.1) is 18.8 Å². The molecule has 0 heterocycles. The minimum absolute atomic E-state index is 0.00179. The first-order chi connectivity index (χ1) is 22.8. The fourth-order valence-corrected chi connectivity index (χ4v) is 7.37. The molecule has 260 valence electrons. The lowest BCUT2D eigenvalue weighted by molar-refractivity contribution is -0.150. The molecule has 3 aromatic rings. The standard InChI is InChI=1S/C39H50O8S/c1-28-15-19-35(20-16-28)48(43,44)46-27-33(41)25-34(45-26-30-11-7-5-8-12-30)24-32(40)18-22-38(42)47-37-23-29(2)17-21-36(37)39(3,4)31-13-9-6-10-14-31/h5-16,18-20,22,29,32-34,36-37,40-41H,17,21,23-27H2,1-4H3/b22-18+/t29-,32+,33+,34-,36-,37-/m1/s1. The lowest BCUT2D eigenvalue weighted by Crippen LogP contribution is -2.43. The van der Waals surface area contributed by atoms with E-state index in [1.807, 2.05) is 55.5 Å². The van der Waals surface area contributed by atoms with Crippen molar-refractivity contribution in [2.75, 3.05) is 6.61 Å². The Morgan fingerprint density at radius 2 is 1.58 bits per heavy atom. The highest BCUT2D eigenvalue weighted by Gasteiger charge is 2.41. The number of aliphatic hydroxyl groups is 2. The maximum Gasteiger partial charge on any atom is 0.330 e. The van der Waals surface area contributed by atoms with Gasteiger partial charge in [-0.1, -0.05) is 106 Å². The Bertz CT molecular complexity index is 1550. The molecule has 0 aliphatic heterocycles. The van der Waals surface area contributed by atoms with Gasteiger partial charge in [0.05, 0.1) is 36.4 Å². The first-order valence-corrected chi connectivity index (χ1v) is 18.2. The van der Waals surface area contributed by atoms with E-state index < -0.39 is 41.0 Å². The maximum atomic E-state index is 13.1. The van der Waals surface area contributed by atoms with E-state index in [1.165, 1.54) is 29.8 Å². The van der Waals surface area contributed by atoms with Gasteiger partial charge in [-0.05, 0) is 60.4 Å². The Labute approximate surface area is 285 Å². The normalized spacial score (nSPS) is 20.7. The largest absolute Gasteiger partial charge is 0.459 e. The summed E-state index contributed by atoms with van der Waals surface area (Å²) in [6, 6.07) is 26.0. The number of hydrogen-bond acceptors (Lipinski definition) is 8. The topological polar surface area (TPSA) is 119 Å². The van der Waals surface area contributed by atoms with Gasteiger partial charge in [0.2, 0.25) is 0 Å². The number of carbonyl (C=O) groups excluding carboxylic acids is 1. The molecule has 1 aliphatic rings. The van der Waals surface area contributed by atoms with Gasteiger partial charge in [-0.25, -0.2) is 4.79 Å². The van der Waals surface area contributed by atoms with Gasteiger partial charge < -0.3 is 19.7 Å². The van der Waals surface area contributed by atoms with E-state index >= 15 is 0 Å². The van der Waals surface area contributed by atoms with Crippen LogP contribution in [0.2, 0.25) is 0 Å². The Morgan fingerprint density at radius 3 is 2.25 bits per heavy atom. The van der Waals surface area contributed by atoms with Crippen LogP contribution < -0.4 is 0 Å². The van der Waals surface area contributed by atoms with Crippen molar-refractivity contribution >= 4 is 16.1 Å². The number of benzene rings is 3. The monoisotopic (exact) mass is 678 g/mol. The van der Waals surface area contributed by atoms with E-state index in [9.17, 15) is 23.4 Å². The summed E-state index contributed by atoms with van der Waals surface area (Å²) >= 11 is 0. The second-order valence-electron chi connectivity index (χ2n) is 13.6. The van der Waals surface area contributed by atoms with Gasteiger partial charge in [0.1, 0.15) is 6.10 Å². The fourth-order valence-electron chi connectivity index (χ4n) is 6.43. The molecule has 8 nitrogen and oxygen atoms in total. The quantitative estimate of drug-likeness (QED) is 0.0980. The summed E-state index contributed by atoms with van der Waals surface area (Å²) in [7, 11) is -4.06. The van der Waals surface area contributed by atoms with Crippen LogP contribution in [0.4, 0.5) is 0 Å². The lowest BCUT2D eigenvalue weighted by atomic mass is 9.64. The van der Waals surface area contributed by atoms with Gasteiger partial charge in [-0.15, -0.1) is 0 Å². The number of esters is 1. The second-order valence-corrected chi connectivity index (χ2v) is 15.2. The van der Waals surface area contributed by atoms with Crippen molar-refractivity contribution in [3.05, 3.63) is 114 Å². The zero-order chi connectivity index (χ0) is 34.7. The Hall–Kier alpha value is -3.34. The zero-order valence-electron chi connectivity index (χ0n) is 28.4. The highest BCUT2D eigenvalue weighted by molar-refractivity contribution is 7.86. The summed E-state index contributed by atoms with van der Waals surface area (Å²) in [5, 5.41) is 21.6. The first kappa shape index (κ1) is 37.5. The van der Waals surface area contributed by atoms with E-state index in [2.05, 4.69) is 32.9 Å². The van der Waals surface area contributed by atoms with Crippen LogP contribution in [0.3, 0.4) is 0 Å². The molecule has 1 saturated carbocycles. The molecule has 48 heavy (non-hydrogen) atoms. The molecule has 9 heteroatoms. The van der Waals surface area contributed by atoms with Crippen LogP contribution >= 0.6 is 0 Å². The van der Waals surface area contributed by atoms with Crippen molar-refractivity contribution in [2.45, 2.75) is 101 Å². The van der Waals surface area contributed by atoms with Crippen LogP contribution in [0.15, 0.2) is 102 Å².